The van der Waals surface area contributed by atoms with E-state index in [1.165, 1.54) is 0 Å². The summed E-state index contributed by atoms with van der Waals surface area (Å²) >= 11 is 0. The van der Waals surface area contributed by atoms with E-state index in [2.05, 4.69) is 22.8 Å². The van der Waals surface area contributed by atoms with Gasteiger partial charge in [-0.15, -0.1) is 0 Å². The van der Waals surface area contributed by atoms with Crippen molar-refractivity contribution >= 4 is 18.0 Å². The van der Waals surface area contributed by atoms with Crippen LogP contribution in [0.2, 0.25) is 0 Å². The summed E-state index contributed by atoms with van der Waals surface area (Å²) in [5, 5.41) is 23.5. The minimum absolute atomic E-state index is 0.0210. The second-order valence-electron chi connectivity index (χ2n) is 8.96. The molecule has 0 saturated carbocycles. The first-order valence-corrected chi connectivity index (χ1v) is 11.5. The van der Waals surface area contributed by atoms with Gasteiger partial charge in [0.15, 0.2) is 6.10 Å². The van der Waals surface area contributed by atoms with E-state index in [-0.39, 0.29) is 37.3 Å². The van der Waals surface area contributed by atoms with Crippen LogP contribution in [-0.2, 0) is 14.3 Å². The highest BCUT2D eigenvalue weighted by Gasteiger charge is 2.32. The topological polar surface area (TPSA) is 125 Å². The van der Waals surface area contributed by atoms with Crippen LogP contribution in [0.5, 0.6) is 0 Å². The summed E-state index contributed by atoms with van der Waals surface area (Å²) in [5.74, 6) is -2.35. The van der Waals surface area contributed by atoms with Crippen molar-refractivity contribution in [2.45, 2.75) is 45.3 Å². The SMILES string of the molecule is CC(C)C(C(=O)NCC[C@H](O)C(=O)O)C(C)NC(=O)OCC1c2ccccc2-c2ccccc21. The highest BCUT2D eigenvalue weighted by molar-refractivity contribution is 5.81. The van der Waals surface area contributed by atoms with Gasteiger partial charge in [0.2, 0.25) is 5.91 Å². The molecule has 2 amide bonds. The highest BCUT2D eigenvalue weighted by atomic mass is 16.5. The fraction of sp³-hybridized carbons (Fsp3) is 0.423. The monoisotopic (exact) mass is 468 g/mol. The standard InChI is InChI=1S/C26H32N2O6/c1-15(2)23(24(30)27-13-12-22(29)25(31)32)16(3)28-26(33)34-14-21-19-10-6-4-8-17(19)18-9-5-7-11-20(18)21/h4-11,15-16,21-23,29H,12-14H2,1-3H3,(H,27,30)(H,28,33)(H,31,32)/t16?,22-,23?/m0/s1. The van der Waals surface area contributed by atoms with E-state index in [0.29, 0.717) is 0 Å². The third-order valence-electron chi connectivity index (χ3n) is 6.25. The van der Waals surface area contributed by atoms with Crippen molar-refractivity contribution in [3.63, 3.8) is 0 Å². The Labute approximate surface area is 199 Å². The number of rotatable bonds is 10. The third-order valence-corrected chi connectivity index (χ3v) is 6.25. The van der Waals surface area contributed by atoms with Crippen molar-refractivity contribution in [3.8, 4) is 11.1 Å². The van der Waals surface area contributed by atoms with Gasteiger partial charge in [-0.25, -0.2) is 9.59 Å². The molecule has 0 fully saturated rings. The first-order chi connectivity index (χ1) is 16.2. The molecule has 0 spiro atoms. The molecule has 1 aliphatic carbocycles. The lowest BCUT2D eigenvalue weighted by Gasteiger charge is -2.27. The number of fused-ring (bicyclic) bond motifs is 3. The molecule has 0 bridgehead atoms. The van der Waals surface area contributed by atoms with Crippen molar-refractivity contribution in [2.24, 2.45) is 11.8 Å². The first kappa shape index (κ1) is 25.2. The normalized spacial score (nSPS) is 15.1. The van der Waals surface area contributed by atoms with E-state index in [4.69, 9.17) is 9.84 Å². The summed E-state index contributed by atoms with van der Waals surface area (Å²) in [7, 11) is 0. The van der Waals surface area contributed by atoms with Gasteiger partial charge in [-0.05, 0) is 35.1 Å². The fourth-order valence-electron chi connectivity index (χ4n) is 4.60. The number of carbonyl (C=O) groups excluding carboxylic acids is 2. The number of benzene rings is 2. The molecule has 0 aromatic heterocycles. The molecule has 2 aromatic rings. The lowest BCUT2D eigenvalue weighted by atomic mass is 9.88. The zero-order chi connectivity index (χ0) is 24.8. The summed E-state index contributed by atoms with van der Waals surface area (Å²) in [4.78, 5) is 36.0. The Morgan fingerprint density at radius 2 is 1.53 bits per heavy atom. The van der Waals surface area contributed by atoms with Gasteiger partial charge in [-0.3, -0.25) is 4.79 Å². The maximum absolute atomic E-state index is 12.7. The Balaban J connectivity index is 1.57. The number of aliphatic hydroxyl groups is 1. The molecule has 4 N–H and O–H groups in total. The molecular weight excluding hydrogens is 436 g/mol. The molecule has 0 radical (unpaired) electrons. The van der Waals surface area contributed by atoms with Crippen molar-refractivity contribution in [1.29, 1.82) is 0 Å². The van der Waals surface area contributed by atoms with E-state index < -0.39 is 30.1 Å². The van der Waals surface area contributed by atoms with E-state index in [1.807, 2.05) is 50.2 Å². The average Bonchev–Trinajstić information content (AvgIpc) is 3.11. The predicted molar refractivity (Wildman–Crippen MR) is 127 cm³/mol. The molecule has 0 aliphatic heterocycles. The van der Waals surface area contributed by atoms with Crippen molar-refractivity contribution in [1.82, 2.24) is 10.6 Å². The first-order valence-electron chi connectivity index (χ1n) is 11.5. The van der Waals surface area contributed by atoms with E-state index in [0.717, 1.165) is 22.3 Å². The van der Waals surface area contributed by atoms with Gasteiger partial charge in [0.1, 0.15) is 6.61 Å². The van der Waals surface area contributed by atoms with Gasteiger partial charge in [0, 0.05) is 24.9 Å². The van der Waals surface area contributed by atoms with E-state index in [1.54, 1.807) is 6.92 Å². The van der Waals surface area contributed by atoms with Crippen molar-refractivity contribution in [3.05, 3.63) is 59.7 Å². The van der Waals surface area contributed by atoms with Gasteiger partial charge >= 0.3 is 12.1 Å². The minimum atomic E-state index is -1.53. The molecule has 2 unspecified atom stereocenters. The van der Waals surface area contributed by atoms with Crippen LogP contribution >= 0.6 is 0 Å². The Bertz CT molecular complexity index is 992. The fourth-order valence-corrected chi connectivity index (χ4v) is 4.60. The molecule has 2 aromatic carbocycles. The summed E-state index contributed by atoms with van der Waals surface area (Å²) in [6, 6.07) is 15.6. The lowest BCUT2D eigenvalue weighted by Crippen LogP contribution is -2.48. The number of aliphatic hydroxyl groups excluding tert-OH is 1. The van der Waals surface area contributed by atoms with Gasteiger partial charge in [-0.1, -0.05) is 62.4 Å². The molecule has 8 nitrogen and oxygen atoms in total. The largest absolute Gasteiger partial charge is 0.479 e. The number of hydrogen-bond donors (Lipinski definition) is 4. The number of nitrogens with one attached hydrogen (secondary N) is 2. The summed E-state index contributed by atoms with van der Waals surface area (Å²) in [6.07, 6.45) is -2.23. The van der Waals surface area contributed by atoms with Crippen LogP contribution in [0.1, 0.15) is 44.2 Å². The van der Waals surface area contributed by atoms with Gasteiger partial charge in [0.05, 0.1) is 5.92 Å². The van der Waals surface area contributed by atoms with Crippen LogP contribution in [0.3, 0.4) is 0 Å². The van der Waals surface area contributed by atoms with Crippen LogP contribution in [-0.4, -0.2) is 53.5 Å². The van der Waals surface area contributed by atoms with Crippen molar-refractivity contribution < 1.29 is 29.3 Å². The number of carboxylic acids is 1. The second kappa shape index (κ2) is 11.2. The number of ether oxygens (including phenoxy) is 1. The Morgan fingerprint density at radius 3 is 2.06 bits per heavy atom. The van der Waals surface area contributed by atoms with Crippen LogP contribution < -0.4 is 10.6 Å². The molecule has 0 heterocycles. The number of amides is 2. The van der Waals surface area contributed by atoms with E-state index in [9.17, 15) is 19.5 Å². The highest BCUT2D eigenvalue weighted by Crippen LogP contribution is 2.44. The van der Waals surface area contributed by atoms with Gasteiger partial charge in [-0.2, -0.15) is 0 Å². The zero-order valence-corrected chi connectivity index (χ0v) is 19.7. The number of alkyl carbamates (subject to hydrolysis) is 1. The molecule has 0 saturated heterocycles. The number of aliphatic carboxylic acids is 1. The Morgan fingerprint density at radius 1 is 0.971 bits per heavy atom. The number of hydrogen-bond acceptors (Lipinski definition) is 5. The average molecular weight is 469 g/mol. The maximum atomic E-state index is 12.7. The molecular formula is C26H32N2O6. The lowest BCUT2D eigenvalue weighted by molar-refractivity contribution is -0.147. The van der Waals surface area contributed by atoms with Crippen molar-refractivity contribution in [2.75, 3.05) is 13.2 Å². The molecule has 3 rings (SSSR count). The minimum Gasteiger partial charge on any atom is -0.479 e. The van der Waals surface area contributed by atoms with Crippen LogP contribution in [0.25, 0.3) is 11.1 Å². The van der Waals surface area contributed by atoms with Crippen LogP contribution in [0.15, 0.2) is 48.5 Å². The zero-order valence-electron chi connectivity index (χ0n) is 19.7. The Kier molecular flexibility index (Phi) is 8.28. The third kappa shape index (κ3) is 5.75. The molecule has 3 atom stereocenters. The summed E-state index contributed by atoms with van der Waals surface area (Å²) < 4.78 is 5.58. The molecule has 182 valence electrons. The summed E-state index contributed by atoms with van der Waals surface area (Å²) in [6.45, 7) is 5.67. The van der Waals surface area contributed by atoms with Crippen LogP contribution in [0, 0.1) is 11.8 Å². The molecule has 8 heteroatoms. The maximum Gasteiger partial charge on any atom is 0.407 e. The smallest absolute Gasteiger partial charge is 0.407 e. The quantitative estimate of drug-likeness (QED) is 0.425. The van der Waals surface area contributed by atoms with E-state index >= 15 is 0 Å². The van der Waals surface area contributed by atoms with Crippen LogP contribution in [0.4, 0.5) is 4.79 Å². The Hall–Kier alpha value is -3.39. The van der Waals surface area contributed by atoms with Gasteiger partial charge in [0.25, 0.3) is 0 Å². The van der Waals surface area contributed by atoms with Gasteiger partial charge < -0.3 is 25.6 Å². The molecule has 1 aliphatic rings. The predicted octanol–water partition coefficient (Wildman–Crippen LogP) is 3.14. The number of carboxylic acid groups (broad SMARTS) is 1. The molecule has 34 heavy (non-hydrogen) atoms. The summed E-state index contributed by atoms with van der Waals surface area (Å²) in [5.41, 5.74) is 4.52. The second-order valence-corrected chi connectivity index (χ2v) is 8.96. The number of carbonyl (C=O) groups is 3.